The quantitative estimate of drug-likeness (QED) is 0.0306. The number of ether oxygens (including phenoxy) is 6. The van der Waals surface area contributed by atoms with Gasteiger partial charge in [0.2, 0.25) is 5.91 Å². The third-order valence-corrected chi connectivity index (χ3v) is 8.65. The number of amides is 5. The number of alkyl carbamates (subject to hydrolysis) is 3. The van der Waals surface area contributed by atoms with Gasteiger partial charge >= 0.3 is 24.4 Å². The Morgan fingerprint density at radius 2 is 1.28 bits per heavy atom. The van der Waals surface area contributed by atoms with Crippen LogP contribution in [0.5, 0.6) is 5.75 Å². The Labute approximate surface area is 333 Å². The summed E-state index contributed by atoms with van der Waals surface area (Å²) in [5.74, 6) is 0.218. The molecule has 6 N–H and O–H groups in total. The smallest absolute Gasteiger partial charge is 0.412 e. The van der Waals surface area contributed by atoms with E-state index in [4.69, 9.17) is 18.9 Å². The fourth-order valence-electron chi connectivity index (χ4n) is 5.29. The number of hydroxylamine groups is 1. The molecule has 0 aromatic heterocycles. The van der Waals surface area contributed by atoms with E-state index < -0.39 is 43.7 Å². The summed E-state index contributed by atoms with van der Waals surface area (Å²) in [5.41, 5.74) is 4.20. The van der Waals surface area contributed by atoms with Crippen LogP contribution in [0.15, 0.2) is 12.1 Å². The minimum Gasteiger partial charge on any atom is -0.755 e. The fraction of sp³-hybridized carbons (Fsp3) is 0.686. The summed E-state index contributed by atoms with van der Waals surface area (Å²) < 4.78 is 50.6. The highest BCUT2D eigenvalue weighted by atomic mass is 31.2. The summed E-state index contributed by atoms with van der Waals surface area (Å²) in [6.45, 7) is 9.26. The molecule has 57 heavy (non-hydrogen) atoms. The molecule has 0 heterocycles. The first-order valence-electron chi connectivity index (χ1n) is 18.4. The first kappa shape index (κ1) is 50.8. The number of carbonyl (C=O) groups excluding carboxylic acids is 5. The molecule has 0 saturated heterocycles. The van der Waals surface area contributed by atoms with Crippen LogP contribution < -0.4 is 41.7 Å². The van der Waals surface area contributed by atoms with Gasteiger partial charge in [0.25, 0.3) is 7.82 Å². The maximum atomic E-state index is 12.9. The highest BCUT2D eigenvalue weighted by Crippen LogP contribution is 2.38. The van der Waals surface area contributed by atoms with Crippen LogP contribution in [0.2, 0.25) is 0 Å². The van der Waals surface area contributed by atoms with Crippen LogP contribution in [-0.2, 0) is 47.6 Å². The standard InChI is InChI=1S/C35H61N6O15P/c1-25-20-26(2)30(35(3,4)22-29(42)36-12-10-8-9-11-13-41-56-57(47,48)51-7)28(21-25)55-34(46)38-15-17-53-19-18-52-16-14-37-33(45)54-27(23-39-31(43)49-5)24-40-32(44)50-6/h20-21,27,41H,8-19,22-24H2,1-7H3,(H,36,42)(H,37,45)(H,38,46)(H,39,43)(H,40,44)(H,47,48)/p-1. The lowest BCUT2D eigenvalue weighted by molar-refractivity contribution is -0.228. The second kappa shape index (κ2) is 28.2. The van der Waals surface area contributed by atoms with Gasteiger partial charge in [-0.2, -0.15) is 5.48 Å². The second-order valence-corrected chi connectivity index (χ2v) is 14.6. The number of carbonyl (C=O) groups is 5. The molecule has 0 radical (unpaired) electrons. The highest BCUT2D eigenvalue weighted by Gasteiger charge is 2.30. The van der Waals surface area contributed by atoms with Crippen molar-refractivity contribution in [3.63, 3.8) is 0 Å². The van der Waals surface area contributed by atoms with Gasteiger partial charge in [0.1, 0.15) is 11.9 Å². The van der Waals surface area contributed by atoms with E-state index in [0.29, 0.717) is 25.3 Å². The van der Waals surface area contributed by atoms with Gasteiger partial charge < -0.3 is 64.4 Å². The van der Waals surface area contributed by atoms with Crippen molar-refractivity contribution in [1.29, 1.82) is 0 Å². The minimum absolute atomic E-state index is 0.112. The SMILES string of the molecule is COC(=O)NCC(CNC(=O)OC)OC(=O)NCCOCCOCCNC(=O)Oc1cc(C)cc(C)c1C(C)(C)CC(=O)NCCCCCCNOP(=O)([O-])OC. The number of aryl methyl sites for hydroxylation is 2. The molecule has 1 rings (SSSR count). The minimum atomic E-state index is -4.30. The number of benzene rings is 1. The van der Waals surface area contributed by atoms with E-state index in [1.54, 1.807) is 6.07 Å². The lowest BCUT2D eigenvalue weighted by Gasteiger charge is -2.29. The summed E-state index contributed by atoms with van der Waals surface area (Å²) in [7, 11) is -0.921. The van der Waals surface area contributed by atoms with E-state index in [9.17, 15) is 33.4 Å². The molecule has 22 heteroatoms. The van der Waals surface area contributed by atoms with Gasteiger partial charge in [0.05, 0.1) is 53.7 Å². The third kappa shape index (κ3) is 23.6. The summed E-state index contributed by atoms with van der Waals surface area (Å²) in [4.78, 5) is 71.6. The van der Waals surface area contributed by atoms with Gasteiger partial charge in [-0.3, -0.25) is 9.36 Å². The Bertz CT molecular complexity index is 1430. The first-order chi connectivity index (χ1) is 27.0. The number of hydrogen-bond donors (Lipinski definition) is 6. The predicted octanol–water partition coefficient (Wildman–Crippen LogP) is 2.21. The molecule has 1 unspecified atom stereocenters. The molecule has 1 aromatic rings. The van der Waals surface area contributed by atoms with E-state index in [0.717, 1.165) is 43.1 Å². The number of hydrogen-bond acceptors (Lipinski definition) is 16. The number of methoxy groups -OCH3 is 2. The second-order valence-electron chi connectivity index (χ2n) is 13.1. The van der Waals surface area contributed by atoms with Crippen LogP contribution >= 0.6 is 7.82 Å². The molecule has 326 valence electrons. The van der Waals surface area contributed by atoms with Crippen LogP contribution in [-0.4, -0.2) is 123 Å². The molecule has 0 aliphatic rings. The number of rotatable bonds is 28. The maximum Gasteiger partial charge on any atom is 0.412 e. The summed E-state index contributed by atoms with van der Waals surface area (Å²) in [6.07, 6.45) is -0.607. The lowest BCUT2D eigenvalue weighted by atomic mass is 9.78. The van der Waals surface area contributed by atoms with Crippen LogP contribution in [0, 0.1) is 13.8 Å². The molecule has 0 fully saturated rings. The normalized spacial score (nSPS) is 12.2. The molecule has 0 saturated carbocycles. The van der Waals surface area contributed by atoms with Gasteiger partial charge in [0, 0.05) is 50.7 Å². The summed E-state index contributed by atoms with van der Waals surface area (Å²) >= 11 is 0. The van der Waals surface area contributed by atoms with Crippen LogP contribution in [0.1, 0.15) is 62.6 Å². The fourth-order valence-corrected chi connectivity index (χ4v) is 5.61. The van der Waals surface area contributed by atoms with Crippen molar-refractivity contribution >= 4 is 38.1 Å². The van der Waals surface area contributed by atoms with Crippen molar-refractivity contribution in [2.45, 2.75) is 71.3 Å². The largest absolute Gasteiger partial charge is 0.755 e. The third-order valence-electron chi connectivity index (χ3n) is 7.85. The molecular weight excluding hydrogens is 775 g/mol. The average molecular weight is 836 g/mol. The van der Waals surface area contributed by atoms with E-state index in [1.165, 1.54) is 14.2 Å². The first-order valence-corrected chi connectivity index (χ1v) is 19.9. The van der Waals surface area contributed by atoms with E-state index in [1.807, 2.05) is 33.8 Å². The zero-order valence-corrected chi connectivity index (χ0v) is 34.8. The molecular formula is C35H60N6O15P-. The van der Waals surface area contributed by atoms with Crippen molar-refractivity contribution in [1.82, 2.24) is 32.1 Å². The predicted molar refractivity (Wildman–Crippen MR) is 203 cm³/mol. The molecule has 0 spiro atoms. The monoisotopic (exact) mass is 835 g/mol. The number of phosphoric ester groups is 1. The Morgan fingerprint density at radius 3 is 1.84 bits per heavy atom. The van der Waals surface area contributed by atoms with Crippen LogP contribution in [0.25, 0.3) is 0 Å². The van der Waals surface area contributed by atoms with Crippen molar-refractivity contribution in [3.05, 3.63) is 28.8 Å². The summed E-state index contributed by atoms with van der Waals surface area (Å²) in [6, 6.07) is 3.73. The molecule has 0 bridgehead atoms. The van der Waals surface area contributed by atoms with Crippen molar-refractivity contribution in [3.8, 4) is 5.75 Å². The van der Waals surface area contributed by atoms with E-state index in [-0.39, 0.29) is 64.9 Å². The highest BCUT2D eigenvalue weighted by molar-refractivity contribution is 7.45. The van der Waals surface area contributed by atoms with Gasteiger partial charge in [-0.05, 0) is 43.9 Å². The summed E-state index contributed by atoms with van der Waals surface area (Å²) in [5, 5.41) is 12.9. The van der Waals surface area contributed by atoms with Crippen molar-refractivity contribution < 1.29 is 71.0 Å². The van der Waals surface area contributed by atoms with Gasteiger partial charge in [0.15, 0.2) is 0 Å². The number of nitrogens with one attached hydrogen (secondary N) is 6. The molecule has 0 aliphatic heterocycles. The van der Waals surface area contributed by atoms with E-state index >= 15 is 0 Å². The molecule has 0 aliphatic carbocycles. The zero-order chi connectivity index (χ0) is 42.7. The van der Waals surface area contributed by atoms with Crippen LogP contribution in [0.4, 0.5) is 19.2 Å². The molecule has 5 amide bonds. The van der Waals surface area contributed by atoms with Gasteiger partial charge in [-0.15, -0.1) is 0 Å². The van der Waals surface area contributed by atoms with Gasteiger partial charge in [-0.25, -0.2) is 23.8 Å². The Hall–Kier alpha value is -4.24. The van der Waals surface area contributed by atoms with Gasteiger partial charge in [-0.1, -0.05) is 32.8 Å². The molecule has 1 atom stereocenters. The van der Waals surface area contributed by atoms with Crippen molar-refractivity contribution in [2.24, 2.45) is 0 Å². The van der Waals surface area contributed by atoms with Crippen molar-refractivity contribution in [2.75, 3.05) is 87.0 Å². The van der Waals surface area contributed by atoms with Crippen LogP contribution in [0.3, 0.4) is 0 Å². The Balaban J connectivity index is 2.38. The number of unbranched alkanes of at least 4 members (excludes halogenated alkanes) is 3. The topological polar surface area (TPSA) is 272 Å². The Morgan fingerprint density at radius 1 is 0.719 bits per heavy atom. The lowest BCUT2D eigenvalue weighted by Crippen LogP contribution is -2.44. The Kier molecular flexibility index (Phi) is 25.1. The zero-order valence-electron chi connectivity index (χ0n) is 33.9. The molecule has 21 nitrogen and oxygen atoms in total. The van der Waals surface area contributed by atoms with E-state index in [2.05, 4.69) is 50.7 Å². The maximum absolute atomic E-state index is 12.9. The average Bonchev–Trinajstić information content (AvgIpc) is 3.14. The number of phosphoric acid groups is 1. The molecule has 1 aromatic carbocycles.